The van der Waals surface area contributed by atoms with Crippen molar-refractivity contribution in [3.05, 3.63) is 29.5 Å². The summed E-state index contributed by atoms with van der Waals surface area (Å²) in [6, 6.07) is 6.17. The number of fused-ring (bicyclic) bond motifs is 1. The van der Waals surface area contributed by atoms with E-state index in [2.05, 4.69) is 16.3 Å². The Hall–Kier alpha value is -3.01. The number of ether oxygens (including phenoxy) is 1. The molecule has 39 heavy (non-hydrogen) atoms. The van der Waals surface area contributed by atoms with E-state index in [0.29, 0.717) is 51.2 Å². The zero-order valence-corrected chi connectivity index (χ0v) is 23.5. The maximum atomic E-state index is 15.8. The Labute approximate surface area is 229 Å². The fraction of sp³-hybridized carbons (Fsp3) is 0.655. The summed E-state index contributed by atoms with van der Waals surface area (Å²) in [5.74, 6) is -0.611. The number of para-hydroxylation sites is 1. The quantitative estimate of drug-likeness (QED) is 0.588. The second kappa shape index (κ2) is 10.5. The van der Waals surface area contributed by atoms with E-state index in [-0.39, 0.29) is 17.9 Å². The van der Waals surface area contributed by atoms with Crippen LogP contribution >= 0.6 is 0 Å². The molecule has 0 radical (unpaired) electrons. The average Bonchev–Trinajstić information content (AvgIpc) is 3.20. The first-order valence-corrected chi connectivity index (χ1v) is 14.1. The lowest BCUT2D eigenvalue weighted by Gasteiger charge is -2.41. The first-order valence-electron chi connectivity index (χ1n) is 14.1. The number of nitrogens with one attached hydrogen (secondary N) is 1. The van der Waals surface area contributed by atoms with E-state index in [1.807, 2.05) is 44.6 Å². The van der Waals surface area contributed by atoms with Crippen molar-refractivity contribution in [3.63, 3.8) is 0 Å². The monoisotopic (exact) mass is 541 g/mol. The van der Waals surface area contributed by atoms with Crippen molar-refractivity contribution in [3.8, 4) is 0 Å². The summed E-state index contributed by atoms with van der Waals surface area (Å²) < 4.78 is 23.1. The summed E-state index contributed by atoms with van der Waals surface area (Å²) >= 11 is 0. The SMILES string of the molecule is Cn1nc(C2CCC(=O)NC2=O)c2cccc(C3CCN(CC4(F)CCN(C(=O)OC(C)(C)C)CC4)CC3)c21. The first-order chi connectivity index (χ1) is 18.4. The summed E-state index contributed by atoms with van der Waals surface area (Å²) in [7, 11) is 1.91. The number of hydrogen-bond acceptors (Lipinski definition) is 6. The summed E-state index contributed by atoms with van der Waals surface area (Å²) in [4.78, 5) is 40.4. The van der Waals surface area contributed by atoms with Crippen molar-refractivity contribution in [2.45, 2.75) is 82.4 Å². The Morgan fingerprint density at radius 2 is 1.82 bits per heavy atom. The van der Waals surface area contributed by atoms with Crippen LogP contribution in [0.4, 0.5) is 9.18 Å². The molecular weight excluding hydrogens is 501 g/mol. The van der Waals surface area contributed by atoms with Gasteiger partial charge in [-0.1, -0.05) is 18.2 Å². The van der Waals surface area contributed by atoms with Gasteiger partial charge in [-0.25, -0.2) is 9.18 Å². The van der Waals surface area contributed by atoms with Gasteiger partial charge in [0.15, 0.2) is 0 Å². The molecule has 1 aromatic heterocycles. The molecule has 5 rings (SSSR count). The van der Waals surface area contributed by atoms with Gasteiger partial charge in [0.25, 0.3) is 0 Å². The highest BCUT2D eigenvalue weighted by Crippen LogP contribution is 2.38. The van der Waals surface area contributed by atoms with E-state index in [1.165, 1.54) is 5.56 Å². The van der Waals surface area contributed by atoms with Crippen LogP contribution in [0.3, 0.4) is 0 Å². The number of rotatable bonds is 4. The van der Waals surface area contributed by atoms with Crippen LogP contribution in [0.15, 0.2) is 18.2 Å². The molecule has 3 aliphatic heterocycles. The molecule has 10 heteroatoms. The number of benzene rings is 1. The normalized spacial score (nSPS) is 23.2. The molecule has 3 aliphatic rings. The molecule has 1 unspecified atom stereocenters. The highest BCUT2D eigenvalue weighted by atomic mass is 19.1. The number of halogens is 1. The maximum Gasteiger partial charge on any atom is 0.410 e. The van der Waals surface area contributed by atoms with Crippen LogP contribution in [0.5, 0.6) is 0 Å². The van der Waals surface area contributed by atoms with E-state index >= 15 is 4.39 Å². The van der Waals surface area contributed by atoms with Gasteiger partial charge in [0.2, 0.25) is 11.8 Å². The summed E-state index contributed by atoms with van der Waals surface area (Å²) in [5.41, 5.74) is 1.12. The standard InChI is InChI=1S/C29H40FN5O4/c1-28(2,3)39-27(38)35-16-12-29(30,13-17-35)18-34-14-10-19(11-15-34)20-6-5-7-21-24(32-33(4)25(20)21)22-8-9-23(36)31-26(22)37/h5-7,19,22H,8-18H2,1-4H3,(H,31,36,37). The largest absolute Gasteiger partial charge is 0.444 e. The number of piperidine rings is 3. The van der Waals surface area contributed by atoms with Crippen molar-refractivity contribution in [2.75, 3.05) is 32.7 Å². The molecule has 3 saturated heterocycles. The lowest BCUT2D eigenvalue weighted by molar-refractivity contribution is -0.134. The van der Waals surface area contributed by atoms with E-state index in [1.54, 1.807) is 4.90 Å². The number of nitrogens with zero attached hydrogens (tertiary/aromatic N) is 4. The minimum Gasteiger partial charge on any atom is -0.444 e. The third-order valence-electron chi connectivity index (χ3n) is 8.34. The third kappa shape index (κ3) is 5.95. The first kappa shape index (κ1) is 27.6. The Morgan fingerprint density at radius 3 is 2.46 bits per heavy atom. The zero-order chi connectivity index (χ0) is 27.9. The second-order valence-electron chi connectivity index (χ2n) is 12.4. The molecule has 0 aliphatic carbocycles. The van der Waals surface area contributed by atoms with Gasteiger partial charge in [-0.3, -0.25) is 19.6 Å². The molecule has 4 heterocycles. The van der Waals surface area contributed by atoms with E-state index in [9.17, 15) is 14.4 Å². The van der Waals surface area contributed by atoms with Crippen molar-refractivity contribution in [1.29, 1.82) is 0 Å². The number of aryl methyl sites for hydroxylation is 1. The number of hydrogen-bond donors (Lipinski definition) is 1. The lowest BCUT2D eigenvalue weighted by Crippen LogP contribution is -2.51. The van der Waals surface area contributed by atoms with Gasteiger partial charge in [0, 0.05) is 51.3 Å². The van der Waals surface area contributed by atoms with Gasteiger partial charge in [0.05, 0.1) is 17.1 Å². The maximum absolute atomic E-state index is 15.8. The Morgan fingerprint density at radius 1 is 1.13 bits per heavy atom. The number of imide groups is 1. The van der Waals surface area contributed by atoms with Crippen LogP contribution in [0.1, 0.15) is 82.4 Å². The van der Waals surface area contributed by atoms with Gasteiger partial charge in [-0.2, -0.15) is 5.10 Å². The third-order valence-corrected chi connectivity index (χ3v) is 8.34. The highest BCUT2D eigenvalue weighted by Gasteiger charge is 2.39. The van der Waals surface area contributed by atoms with E-state index < -0.39 is 17.2 Å². The molecule has 9 nitrogen and oxygen atoms in total. The predicted molar refractivity (Wildman–Crippen MR) is 145 cm³/mol. The van der Waals surface area contributed by atoms with Crippen LogP contribution in [-0.4, -0.2) is 81.5 Å². The molecule has 3 amide bonds. The number of aromatic nitrogens is 2. The van der Waals surface area contributed by atoms with Crippen LogP contribution in [0.2, 0.25) is 0 Å². The molecule has 1 atom stereocenters. The summed E-state index contributed by atoms with van der Waals surface area (Å²) in [6.07, 6.45) is 2.90. The van der Waals surface area contributed by atoms with Crippen LogP contribution in [-0.2, 0) is 21.4 Å². The number of likely N-dealkylation sites (tertiary alicyclic amines) is 2. The molecule has 0 bridgehead atoms. The fourth-order valence-corrected chi connectivity index (χ4v) is 6.31. The van der Waals surface area contributed by atoms with Crippen LogP contribution < -0.4 is 5.32 Å². The minimum absolute atomic E-state index is 0.229. The van der Waals surface area contributed by atoms with E-state index in [0.717, 1.165) is 42.5 Å². The molecule has 0 spiro atoms. The van der Waals surface area contributed by atoms with Gasteiger partial charge < -0.3 is 14.5 Å². The predicted octanol–water partition coefficient (Wildman–Crippen LogP) is 4.01. The number of amides is 3. The molecule has 1 aromatic carbocycles. The van der Waals surface area contributed by atoms with Crippen molar-refractivity contribution >= 4 is 28.8 Å². The van der Waals surface area contributed by atoms with Crippen molar-refractivity contribution < 1.29 is 23.5 Å². The second-order valence-corrected chi connectivity index (χ2v) is 12.4. The molecule has 1 N–H and O–H groups in total. The molecule has 212 valence electrons. The number of alkyl halides is 1. The average molecular weight is 542 g/mol. The Kier molecular flexibility index (Phi) is 7.43. The smallest absolute Gasteiger partial charge is 0.410 e. The van der Waals surface area contributed by atoms with Gasteiger partial charge >= 0.3 is 6.09 Å². The molecule has 0 saturated carbocycles. The van der Waals surface area contributed by atoms with Gasteiger partial charge in [0.1, 0.15) is 11.3 Å². The van der Waals surface area contributed by atoms with Gasteiger partial charge in [-0.05, 0) is 64.6 Å². The van der Waals surface area contributed by atoms with Crippen LogP contribution in [0, 0.1) is 0 Å². The highest BCUT2D eigenvalue weighted by molar-refractivity contribution is 6.02. The number of carbonyl (C=O) groups excluding carboxylic acids is 3. The van der Waals surface area contributed by atoms with E-state index in [4.69, 9.17) is 9.84 Å². The molecule has 2 aromatic rings. The molecular formula is C29H40FN5O4. The van der Waals surface area contributed by atoms with Gasteiger partial charge in [-0.15, -0.1) is 0 Å². The Bertz CT molecular complexity index is 1250. The van der Waals surface area contributed by atoms with Crippen LogP contribution in [0.25, 0.3) is 10.9 Å². The fourth-order valence-electron chi connectivity index (χ4n) is 6.31. The van der Waals surface area contributed by atoms with Crippen molar-refractivity contribution in [1.82, 2.24) is 24.9 Å². The number of carbonyl (C=O) groups is 3. The summed E-state index contributed by atoms with van der Waals surface area (Å²) in [5, 5.41) is 8.14. The minimum atomic E-state index is -1.30. The van der Waals surface area contributed by atoms with Crippen molar-refractivity contribution in [2.24, 2.45) is 7.05 Å². The topological polar surface area (TPSA) is 96.8 Å². The summed E-state index contributed by atoms with van der Waals surface area (Å²) in [6.45, 7) is 8.26. The molecule has 3 fully saturated rings. The zero-order valence-electron chi connectivity index (χ0n) is 23.5. The Balaban J connectivity index is 1.21. The lowest BCUT2D eigenvalue weighted by atomic mass is 9.85.